The fourth-order valence-corrected chi connectivity index (χ4v) is 3.82. The monoisotopic (exact) mass is 437 g/mol. The van der Waals surface area contributed by atoms with E-state index in [1.807, 2.05) is 0 Å². The smallest absolute Gasteiger partial charge is 0.370 e. The first-order chi connectivity index (χ1) is 14.8. The molecule has 3 rings (SSSR count). The fourth-order valence-electron chi connectivity index (χ4n) is 3.82. The molecular weight excluding hydrogens is 407 g/mol. The first-order valence-corrected chi connectivity index (χ1v) is 10.9. The van der Waals surface area contributed by atoms with Gasteiger partial charge in [-0.15, -0.1) is 0 Å². The van der Waals surface area contributed by atoms with Crippen LogP contribution in [0.1, 0.15) is 74.8 Å². The number of rotatable bonds is 10. The average Bonchev–Trinajstić information content (AvgIpc) is 3.14. The lowest BCUT2D eigenvalue weighted by atomic mass is 9.97. The molecule has 1 aromatic carbocycles. The Balaban J connectivity index is 1.64. The Labute approximate surface area is 180 Å². The van der Waals surface area contributed by atoms with Crippen molar-refractivity contribution < 1.29 is 17.7 Å². The zero-order valence-corrected chi connectivity index (χ0v) is 17.8. The van der Waals surface area contributed by atoms with Crippen LogP contribution in [0.15, 0.2) is 22.7 Å². The Bertz CT molecular complexity index is 874. The Hall–Kier alpha value is -2.58. The lowest BCUT2D eigenvalue weighted by Gasteiger charge is -2.37. The van der Waals surface area contributed by atoms with Crippen LogP contribution in [0.3, 0.4) is 0 Å². The number of nitrogens with one attached hydrogen (secondary N) is 1. The summed E-state index contributed by atoms with van der Waals surface area (Å²) in [5.41, 5.74) is 5.38. The molecule has 0 amide bonds. The second kappa shape index (κ2) is 10.2. The molecule has 0 aliphatic carbocycles. The number of unbranched alkanes of at least 4 members (excludes halogenated alkanes) is 6. The number of halogens is 3. The van der Waals surface area contributed by atoms with E-state index in [0.717, 1.165) is 31.7 Å². The molecule has 0 bridgehead atoms. The van der Waals surface area contributed by atoms with E-state index in [1.165, 1.54) is 25.3 Å². The molecule has 31 heavy (non-hydrogen) atoms. The Morgan fingerprint density at radius 1 is 1.16 bits per heavy atom. The van der Waals surface area contributed by atoms with Crippen molar-refractivity contribution in [3.63, 3.8) is 0 Å². The van der Waals surface area contributed by atoms with Crippen molar-refractivity contribution in [2.24, 2.45) is 5.73 Å². The maximum absolute atomic E-state index is 13.7. The van der Waals surface area contributed by atoms with E-state index in [1.54, 1.807) is 11.0 Å². The number of aryl methyl sites for hydroxylation is 1. The van der Waals surface area contributed by atoms with Crippen molar-refractivity contribution in [2.75, 3.05) is 13.1 Å². The first-order valence-electron chi connectivity index (χ1n) is 10.9. The van der Waals surface area contributed by atoms with Gasteiger partial charge in [0.25, 0.3) is 0 Å². The van der Waals surface area contributed by atoms with Crippen LogP contribution in [-0.2, 0) is 12.6 Å². The summed E-state index contributed by atoms with van der Waals surface area (Å²) < 4.78 is 46.3. The molecule has 0 unspecified atom stereocenters. The molecular formula is C22H30F3N5O. The number of nitrogens with two attached hydrogens (primary N) is 1. The van der Waals surface area contributed by atoms with Crippen LogP contribution in [0.5, 0.6) is 0 Å². The number of hydrogen-bond donors (Lipinski definition) is 2. The van der Waals surface area contributed by atoms with E-state index in [-0.39, 0.29) is 23.3 Å². The average molecular weight is 438 g/mol. The summed E-state index contributed by atoms with van der Waals surface area (Å²) in [5.74, 6) is 0.406. The third kappa shape index (κ3) is 5.98. The molecule has 3 N–H and O–H groups in total. The topological polar surface area (TPSA) is 92.0 Å². The number of hydrogen-bond acceptors (Lipinski definition) is 4. The quantitative estimate of drug-likeness (QED) is 0.297. The second-order valence-electron chi connectivity index (χ2n) is 8.18. The highest BCUT2D eigenvalue weighted by atomic mass is 19.4. The van der Waals surface area contributed by atoms with Gasteiger partial charge in [0.1, 0.15) is 0 Å². The maximum Gasteiger partial charge on any atom is 0.416 e. The molecule has 2 aromatic rings. The fraction of sp³-hybridized carbons (Fsp3) is 0.591. The third-order valence-electron chi connectivity index (χ3n) is 5.74. The zero-order chi connectivity index (χ0) is 22.4. The van der Waals surface area contributed by atoms with Crippen molar-refractivity contribution in [1.29, 1.82) is 5.41 Å². The zero-order valence-electron chi connectivity index (χ0n) is 17.8. The summed E-state index contributed by atoms with van der Waals surface area (Å²) in [7, 11) is 0. The van der Waals surface area contributed by atoms with Gasteiger partial charge >= 0.3 is 6.18 Å². The van der Waals surface area contributed by atoms with Gasteiger partial charge in [0.2, 0.25) is 11.7 Å². The summed E-state index contributed by atoms with van der Waals surface area (Å²) in [6.07, 6.45) is 3.45. The molecule has 1 aliphatic heterocycles. The number of aromatic nitrogens is 2. The van der Waals surface area contributed by atoms with Crippen LogP contribution in [0.2, 0.25) is 0 Å². The summed E-state index contributed by atoms with van der Waals surface area (Å²) in [5, 5.41) is 11.2. The van der Waals surface area contributed by atoms with Gasteiger partial charge in [0, 0.05) is 18.7 Å². The van der Waals surface area contributed by atoms with E-state index >= 15 is 0 Å². The highest BCUT2D eigenvalue weighted by molar-refractivity contribution is 5.75. The Kier molecular flexibility index (Phi) is 7.56. The summed E-state index contributed by atoms with van der Waals surface area (Å²) in [4.78, 5) is 5.92. The number of nitrogens with zero attached hydrogens (tertiary/aromatic N) is 3. The van der Waals surface area contributed by atoms with Crippen LogP contribution in [0.4, 0.5) is 13.2 Å². The number of benzene rings is 1. The van der Waals surface area contributed by atoms with E-state index in [4.69, 9.17) is 15.7 Å². The van der Waals surface area contributed by atoms with Gasteiger partial charge < -0.3 is 15.2 Å². The van der Waals surface area contributed by atoms with Crippen LogP contribution in [0, 0.1) is 5.41 Å². The highest BCUT2D eigenvalue weighted by Crippen LogP contribution is 2.36. The van der Waals surface area contributed by atoms with Crippen LogP contribution in [-0.4, -0.2) is 34.1 Å². The standard InChI is InChI=1S/C22H30F3N5O/c1-2-3-4-5-6-7-8-9-15-10-11-16(12-18(15)22(23,24)25)19-28-20(31-29-19)17-13-30(14-17)21(26)27/h10-12,17H,2-9,13-14H2,1H3,(H3,26,27). The van der Waals surface area contributed by atoms with Crippen molar-refractivity contribution >= 4 is 5.96 Å². The molecule has 170 valence electrons. The van der Waals surface area contributed by atoms with Gasteiger partial charge in [-0.3, -0.25) is 5.41 Å². The van der Waals surface area contributed by atoms with Crippen LogP contribution < -0.4 is 5.73 Å². The molecule has 1 fully saturated rings. The minimum atomic E-state index is -4.44. The molecule has 0 radical (unpaired) electrons. The normalized spacial score (nSPS) is 14.6. The molecule has 0 saturated carbocycles. The predicted octanol–water partition coefficient (Wildman–Crippen LogP) is 5.34. The summed E-state index contributed by atoms with van der Waals surface area (Å²) >= 11 is 0. The molecule has 9 heteroatoms. The van der Waals surface area contributed by atoms with E-state index in [0.29, 0.717) is 31.0 Å². The largest absolute Gasteiger partial charge is 0.416 e. The van der Waals surface area contributed by atoms with Gasteiger partial charge in [-0.25, -0.2) is 0 Å². The van der Waals surface area contributed by atoms with E-state index < -0.39 is 11.7 Å². The van der Waals surface area contributed by atoms with Gasteiger partial charge in [-0.1, -0.05) is 62.7 Å². The van der Waals surface area contributed by atoms with Gasteiger partial charge in [0.05, 0.1) is 11.5 Å². The minimum absolute atomic E-state index is 0.0256. The van der Waals surface area contributed by atoms with Gasteiger partial charge in [0.15, 0.2) is 5.96 Å². The molecule has 0 spiro atoms. The number of guanidine groups is 1. The van der Waals surface area contributed by atoms with Crippen molar-refractivity contribution in [2.45, 2.75) is 70.4 Å². The molecule has 2 heterocycles. The Morgan fingerprint density at radius 2 is 1.84 bits per heavy atom. The van der Waals surface area contributed by atoms with Crippen LogP contribution in [0.25, 0.3) is 11.4 Å². The van der Waals surface area contributed by atoms with Crippen LogP contribution >= 0.6 is 0 Å². The highest BCUT2D eigenvalue weighted by Gasteiger charge is 2.35. The van der Waals surface area contributed by atoms with E-state index in [9.17, 15) is 13.2 Å². The summed E-state index contributed by atoms with van der Waals surface area (Å²) in [6.45, 7) is 3.14. The SMILES string of the molecule is CCCCCCCCCc1ccc(-c2noc(C3CN(C(=N)N)C3)n2)cc1C(F)(F)F. The lowest BCUT2D eigenvalue weighted by molar-refractivity contribution is -0.138. The molecule has 1 aliphatic rings. The summed E-state index contributed by atoms with van der Waals surface area (Å²) in [6, 6.07) is 4.28. The second-order valence-corrected chi connectivity index (χ2v) is 8.18. The first kappa shape index (κ1) is 23.1. The predicted molar refractivity (Wildman–Crippen MR) is 113 cm³/mol. The van der Waals surface area contributed by atoms with Crippen molar-refractivity contribution in [3.05, 3.63) is 35.2 Å². The van der Waals surface area contributed by atoms with Gasteiger partial charge in [-0.2, -0.15) is 18.2 Å². The maximum atomic E-state index is 13.7. The van der Waals surface area contributed by atoms with Gasteiger partial charge in [-0.05, 0) is 24.5 Å². The number of alkyl halides is 3. The van der Waals surface area contributed by atoms with E-state index in [2.05, 4.69) is 17.1 Å². The van der Waals surface area contributed by atoms with Crippen molar-refractivity contribution in [3.8, 4) is 11.4 Å². The Morgan fingerprint density at radius 3 is 2.48 bits per heavy atom. The van der Waals surface area contributed by atoms with Crippen molar-refractivity contribution in [1.82, 2.24) is 15.0 Å². The molecule has 6 nitrogen and oxygen atoms in total. The molecule has 1 saturated heterocycles. The molecule has 1 aromatic heterocycles. The third-order valence-corrected chi connectivity index (χ3v) is 5.74. The number of likely N-dealkylation sites (tertiary alicyclic amines) is 1. The molecule has 0 atom stereocenters. The minimum Gasteiger partial charge on any atom is -0.370 e. The lowest BCUT2D eigenvalue weighted by Crippen LogP contribution is -2.51.